The SMILES string of the molecule is Brc1ccccc1C1=CC2CCC1C2. The van der Waals surface area contributed by atoms with Crippen molar-refractivity contribution in [2.24, 2.45) is 11.8 Å². The zero-order valence-electron chi connectivity index (χ0n) is 8.04. The molecular formula is C13H13Br. The van der Waals surface area contributed by atoms with Gasteiger partial charge in [-0.1, -0.05) is 40.2 Å². The molecule has 1 saturated carbocycles. The first-order valence-electron chi connectivity index (χ1n) is 5.31. The number of benzene rings is 1. The van der Waals surface area contributed by atoms with E-state index in [0.29, 0.717) is 0 Å². The van der Waals surface area contributed by atoms with Gasteiger partial charge in [0.1, 0.15) is 0 Å². The van der Waals surface area contributed by atoms with E-state index in [-0.39, 0.29) is 0 Å². The molecule has 0 spiro atoms. The minimum Gasteiger partial charge on any atom is -0.0773 e. The Labute approximate surface area is 93.2 Å². The van der Waals surface area contributed by atoms with E-state index in [2.05, 4.69) is 46.3 Å². The van der Waals surface area contributed by atoms with Crippen LogP contribution in [0.25, 0.3) is 5.57 Å². The fourth-order valence-corrected chi connectivity index (χ4v) is 3.36. The summed E-state index contributed by atoms with van der Waals surface area (Å²) in [6, 6.07) is 8.59. The molecule has 0 aliphatic heterocycles. The second-order valence-corrected chi connectivity index (χ2v) is 5.23. The average molecular weight is 249 g/mol. The Morgan fingerprint density at radius 2 is 2.00 bits per heavy atom. The van der Waals surface area contributed by atoms with Gasteiger partial charge in [0.05, 0.1) is 0 Å². The quantitative estimate of drug-likeness (QED) is 0.697. The van der Waals surface area contributed by atoms with E-state index in [1.54, 1.807) is 5.57 Å². The monoisotopic (exact) mass is 248 g/mol. The molecule has 0 radical (unpaired) electrons. The molecule has 72 valence electrons. The Kier molecular flexibility index (Phi) is 2.01. The summed E-state index contributed by atoms with van der Waals surface area (Å²) in [7, 11) is 0. The molecule has 3 rings (SSSR count). The van der Waals surface area contributed by atoms with Crippen molar-refractivity contribution in [3.8, 4) is 0 Å². The molecule has 2 bridgehead atoms. The second-order valence-electron chi connectivity index (χ2n) is 4.37. The van der Waals surface area contributed by atoms with Gasteiger partial charge in [-0.25, -0.2) is 0 Å². The van der Waals surface area contributed by atoms with E-state index >= 15 is 0 Å². The van der Waals surface area contributed by atoms with Crippen molar-refractivity contribution in [3.63, 3.8) is 0 Å². The van der Waals surface area contributed by atoms with E-state index in [9.17, 15) is 0 Å². The van der Waals surface area contributed by atoms with Gasteiger partial charge in [-0.2, -0.15) is 0 Å². The zero-order valence-corrected chi connectivity index (χ0v) is 9.63. The molecule has 2 aliphatic carbocycles. The second kappa shape index (κ2) is 3.23. The van der Waals surface area contributed by atoms with Crippen LogP contribution in [0.5, 0.6) is 0 Å². The lowest BCUT2D eigenvalue weighted by Crippen LogP contribution is -1.97. The highest BCUT2D eigenvalue weighted by Crippen LogP contribution is 2.48. The van der Waals surface area contributed by atoms with Gasteiger partial charge >= 0.3 is 0 Å². The smallest absolute Gasteiger partial charge is 0.0250 e. The Balaban J connectivity index is 2.04. The predicted octanol–water partition coefficient (Wildman–Crippen LogP) is 4.26. The molecular weight excluding hydrogens is 236 g/mol. The Bertz CT molecular complexity index is 392. The number of rotatable bonds is 1. The summed E-state index contributed by atoms with van der Waals surface area (Å²) >= 11 is 3.64. The highest BCUT2D eigenvalue weighted by molar-refractivity contribution is 9.10. The highest BCUT2D eigenvalue weighted by Gasteiger charge is 2.33. The van der Waals surface area contributed by atoms with Crippen LogP contribution in [0.3, 0.4) is 0 Å². The minimum atomic E-state index is 0.846. The van der Waals surface area contributed by atoms with Crippen LogP contribution in [0.4, 0.5) is 0 Å². The molecule has 1 fully saturated rings. The number of fused-ring (bicyclic) bond motifs is 2. The van der Waals surface area contributed by atoms with E-state index < -0.39 is 0 Å². The first-order valence-corrected chi connectivity index (χ1v) is 6.10. The topological polar surface area (TPSA) is 0 Å². The molecule has 1 aromatic carbocycles. The number of hydrogen-bond donors (Lipinski definition) is 0. The van der Waals surface area contributed by atoms with Crippen LogP contribution in [-0.2, 0) is 0 Å². The molecule has 1 aromatic rings. The van der Waals surface area contributed by atoms with Crippen molar-refractivity contribution < 1.29 is 0 Å². The molecule has 0 N–H and O–H groups in total. The van der Waals surface area contributed by atoms with Gasteiger partial charge in [0.25, 0.3) is 0 Å². The van der Waals surface area contributed by atoms with Crippen LogP contribution < -0.4 is 0 Å². The van der Waals surface area contributed by atoms with Crippen LogP contribution in [0.1, 0.15) is 24.8 Å². The zero-order chi connectivity index (χ0) is 9.54. The van der Waals surface area contributed by atoms with Crippen LogP contribution >= 0.6 is 15.9 Å². The maximum absolute atomic E-state index is 3.64. The Morgan fingerprint density at radius 3 is 2.64 bits per heavy atom. The lowest BCUT2D eigenvalue weighted by Gasteiger charge is -2.14. The fraction of sp³-hybridized carbons (Fsp3) is 0.385. The molecule has 0 amide bonds. The van der Waals surface area contributed by atoms with Crippen molar-refractivity contribution >= 4 is 21.5 Å². The number of hydrogen-bond acceptors (Lipinski definition) is 0. The van der Waals surface area contributed by atoms with E-state index in [0.717, 1.165) is 11.8 Å². The maximum atomic E-state index is 3.64. The molecule has 0 nitrogen and oxygen atoms in total. The third-order valence-corrected chi connectivity index (χ3v) is 4.20. The van der Waals surface area contributed by atoms with Crippen molar-refractivity contribution in [2.75, 3.05) is 0 Å². The van der Waals surface area contributed by atoms with Crippen LogP contribution in [0.15, 0.2) is 34.8 Å². The van der Waals surface area contributed by atoms with Crippen molar-refractivity contribution in [1.82, 2.24) is 0 Å². The minimum absolute atomic E-state index is 0.846. The molecule has 1 heteroatoms. The fourth-order valence-electron chi connectivity index (χ4n) is 2.85. The van der Waals surface area contributed by atoms with E-state index in [1.807, 2.05) is 0 Å². The van der Waals surface area contributed by atoms with E-state index in [1.165, 1.54) is 29.3 Å². The van der Waals surface area contributed by atoms with E-state index in [4.69, 9.17) is 0 Å². The summed E-state index contributed by atoms with van der Waals surface area (Å²) in [6.07, 6.45) is 6.71. The molecule has 0 heterocycles. The van der Waals surface area contributed by atoms with Crippen molar-refractivity contribution in [2.45, 2.75) is 19.3 Å². The van der Waals surface area contributed by atoms with Gasteiger partial charge in [-0.15, -0.1) is 0 Å². The molecule has 14 heavy (non-hydrogen) atoms. The summed E-state index contributed by atoms with van der Waals surface area (Å²) in [4.78, 5) is 0. The van der Waals surface area contributed by atoms with Crippen molar-refractivity contribution in [3.05, 3.63) is 40.4 Å². The molecule has 2 aliphatic rings. The van der Waals surface area contributed by atoms with Gasteiger partial charge < -0.3 is 0 Å². The maximum Gasteiger partial charge on any atom is 0.0250 e. The highest BCUT2D eigenvalue weighted by atomic mass is 79.9. The van der Waals surface area contributed by atoms with Gasteiger partial charge in [0.15, 0.2) is 0 Å². The lowest BCUT2D eigenvalue weighted by molar-refractivity contribution is 0.695. The molecule has 0 saturated heterocycles. The summed E-state index contributed by atoms with van der Waals surface area (Å²) in [5.74, 6) is 1.72. The summed E-state index contributed by atoms with van der Waals surface area (Å²) < 4.78 is 1.25. The van der Waals surface area contributed by atoms with Gasteiger partial charge in [0, 0.05) is 4.47 Å². The van der Waals surface area contributed by atoms with Gasteiger partial charge in [-0.3, -0.25) is 0 Å². The lowest BCUT2D eigenvalue weighted by atomic mass is 9.92. The third kappa shape index (κ3) is 1.26. The summed E-state index contributed by atoms with van der Waals surface area (Å²) in [5.41, 5.74) is 3.01. The Hall–Kier alpha value is -0.560. The Morgan fingerprint density at radius 1 is 1.14 bits per heavy atom. The summed E-state index contributed by atoms with van der Waals surface area (Å²) in [5, 5.41) is 0. The number of halogens is 1. The van der Waals surface area contributed by atoms with Gasteiger partial charge in [0.2, 0.25) is 0 Å². The van der Waals surface area contributed by atoms with Crippen molar-refractivity contribution in [1.29, 1.82) is 0 Å². The normalized spacial score (nSPS) is 29.4. The first kappa shape index (κ1) is 8.72. The molecule has 0 aromatic heterocycles. The standard InChI is InChI=1S/C13H13Br/c14-13-4-2-1-3-11(13)12-8-9-5-6-10(12)7-9/h1-4,8-10H,5-7H2. The predicted molar refractivity (Wildman–Crippen MR) is 63.0 cm³/mol. The first-order chi connectivity index (χ1) is 6.84. The van der Waals surface area contributed by atoms with Gasteiger partial charge in [-0.05, 0) is 48.3 Å². The van der Waals surface area contributed by atoms with Crippen LogP contribution in [0, 0.1) is 11.8 Å². The number of allylic oxidation sites excluding steroid dienone is 2. The largest absolute Gasteiger partial charge is 0.0773 e. The molecule has 2 atom stereocenters. The average Bonchev–Trinajstić information content (AvgIpc) is 2.79. The third-order valence-electron chi connectivity index (χ3n) is 3.51. The molecule has 2 unspecified atom stereocenters. The summed E-state index contributed by atoms with van der Waals surface area (Å²) in [6.45, 7) is 0. The van der Waals surface area contributed by atoms with Crippen LogP contribution in [-0.4, -0.2) is 0 Å². The van der Waals surface area contributed by atoms with Crippen LogP contribution in [0.2, 0.25) is 0 Å².